The van der Waals surface area contributed by atoms with E-state index in [2.05, 4.69) is 29.9 Å². The summed E-state index contributed by atoms with van der Waals surface area (Å²) in [4.78, 5) is 60.2. The number of anilines is 2. The number of esters is 2. The molecule has 0 aliphatic carbocycles. The van der Waals surface area contributed by atoms with Crippen LogP contribution in [0.15, 0.2) is 49.6 Å². The number of fused-ring (bicyclic) bond motifs is 4. The number of halogens is 2. The summed E-state index contributed by atoms with van der Waals surface area (Å²) in [7, 11) is -4.77. The molecule has 5 N–H and O–H groups in total. The van der Waals surface area contributed by atoms with E-state index in [0.29, 0.717) is 11.4 Å². The average Bonchev–Trinajstić information content (AvgIpc) is 4.02. The SMILES string of the molecule is CC(C)(C)C(=O)OCOc1ccc(C(=O)OCSP2(=O)OC[C@H]3O[C@@H](n4cnc5c(N)ncnc54)[C@H](F)[C@@H]3OCP(=O)(O)OC[C@H]3O[C@@H](n4cnc5c(N)ncnc54)[C@H](F)[C@@H]3O2)cc1. The van der Waals surface area contributed by atoms with Gasteiger partial charge in [-0.2, -0.15) is 0 Å². The average molecular weight is 957 g/mol. The van der Waals surface area contributed by atoms with Crippen LogP contribution in [-0.2, 0) is 51.2 Å². The number of nitrogen functional groups attached to an aromatic ring is 2. The topological polar surface area (TPSA) is 311 Å². The molecule has 344 valence electrons. The van der Waals surface area contributed by atoms with Gasteiger partial charge in [0, 0.05) is 11.4 Å². The summed E-state index contributed by atoms with van der Waals surface area (Å²) in [6.07, 6.45) is -10.5. The van der Waals surface area contributed by atoms with Crippen LogP contribution < -0.4 is 16.2 Å². The maximum atomic E-state index is 16.8. The van der Waals surface area contributed by atoms with Crippen LogP contribution in [-0.4, -0.2) is 125 Å². The molecule has 0 bridgehead atoms. The first-order valence-electron chi connectivity index (χ1n) is 19.1. The Hall–Kier alpha value is -4.95. The van der Waals surface area contributed by atoms with Gasteiger partial charge in [-0.1, -0.05) is 0 Å². The first kappa shape index (κ1) is 45.6. The lowest BCUT2D eigenvalue weighted by molar-refractivity contribution is -0.159. The summed E-state index contributed by atoms with van der Waals surface area (Å²) in [6.45, 7) is -1.71. The number of hydrogen-bond donors (Lipinski definition) is 3. The van der Waals surface area contributed by atoms with Crippen LogP contribution in [0.25, 0.3) is 22.3 Å². The summed E-state index contributed by atoms with van der Waals surface area (Å²) in [5, 5.41) is 0. The van der Waals surface area contributed by atoms with Gasteiger partial charge >= 0.3 is 26.3 Å². The van der Waals surface area contributed by atoms with Crippen molar-refractivity contribution in [3.63, 3.8) is 0 Å². The van der Waals surface area contributed by atoms with Crippen LogP contribution in [0.3, 0.4) is 0 Å². The smallest absolute Gasteiger partial charge is 0.392 e. The summed E-state index contributed by atoms with van der Waals surface area (Å²) >= 11 is 0.324. The van der Waals surface area contributed by atoms with Crippen LogP contribution in [0.2, 0.25) is 0 Å². The van der Waals surface area contributed by atoms with Crippen molar-refractivity contribution in [1.29, 1.82) is 0 Å². The largest absolute Gasteiger partial charge is 0.457 e. The Morgan fingerprint density at radius 2 is 1.41 bits per heavy atom. The van der Waals surface area contributed by atoms with E-state index < -0.39 is 106 Å². The molecule has 29 heteroatoms. The second-order valence-corrected chi connectivity index (χ2v) is 21.1. The summed E-state index contributed by atoms with van der Waals surface area (Å²) < 4.78 is 114. The number of aromatic nitrogens is 8. The van der Waals surface area contributed by atoms with Crippen LogP contribution >= 0.6 is 25.8 Å². The second-order valence-electron chi connectivity index (χ2n) is 15.3. The highest BCUT2D eigenvalue weighted by Gasteiger charge is 2.54. The van der Waals surface area contributed by atoms with Crippen LogP contribution in [0.5, 0.6) is 5.75 Å². The van der Waals surface area contributed by atoms with E-state index in [1.54, 1.807) is 20.8 Å². The maximum Gasteiger partial charge on any atom is 0.392 e. The highest BCUT2D eigenvalue weighted by atomic mass is 32.7. The Bertz CT molecular complexity index is 2630. The van der Waals surface area contributed by atoms with E-state index in [-0.39, 0.29) is 52.1 Å². The second kappa shape index (κ2) is 18.1. The molecule has 3 aliphatic rings. The van der Waals surface area contributed by atoms with Gasteiger partial charge in [0.05, 0.1) is 36.8 Å². The number of hydrogen-bond acceptors (Lipinski definition) is 22. The van der Waals surface area contributed by atoms with Crippen molar-refractivity contribution in [1.82, 2.24) is 39.0 Å². The number of benzene rings is 1. The lowest BCUT2D eigenvalue weighted by atomic mass is 9.98. The van der Waals surface area contributed by atoms with Crippen molar-refractivity contribution in [2.45, 2.75) is 70.0 Å². The Balaban J connectivity index is 1.03. The normalized spacial score (nSPS) is 30.2. The van der Waals surface area contributed by atoms with E-state index in [0.717, 1.165) is 12.7 Å². The number of ether oxygens (including phenoxy) is 6. The Morgan fingerprint density at radius 1 is 0.844 bits per heavy atom. The third kappa shape index (κ3) is 9.54. The Morgan fingerprint density at radius 3 is 2.00 bits per heavy atom. The zero-order valence-corrected chi connectivity index (χ0v) is 36.4. The predicted molar refractivity (Wildman–Crippen MR) is 216 cm³/mol. The van der Waals surface area contributed by atoms with Crippen LogP contribution in [0.1, 0.15) is 43.6 Å². The van der Waals surface area contributed by atoms with Gasteiger partial charge in [0.1, 0.15) is 66.1 Å². The van der Waals surface area contributed by atoms with E-state index in [1.807, 2.05) is 0 Å². The van der Waals surface area contributed by atoms with Crippen molar-refractivity contribution in [2.24, 2.45) is 5.41 Å². The summed E-state index contributed by atoms with van der Waals surface area (Å²) in [5.74, 6) is -1.83. The van der Waals surface area contributed by atoms with Gasteiger partial charge in [0.25, 0.3) is 0 Å². The minimum Gasteiger partial charge on any atom is -0.457 e. The number of carbonyl (C=O) groups excluding carboxylic acids is 2. The van der Waals surface area contributed by atoms with Gasteiger partial charge < -0.3 is 49.3 Å². The fourth-order valence-corrected chi connectivity index (χ4v) is 10.3. The molecule has 0 radical (unpaired) electrons. The van der Waals surface area contributed by atoms with E-state index in [9.17, 15) is 23.6 Å². The van der Waals surface area contributed by atoms with Crippen molar-refractivity contribution in [2.75, 3.05) is 43.8 Å². The molecule has 0 spiro atoms. The fraction of sp³-hybridized carbons (Fsp3) is 0.486. The highest BCUT2D eigenvalue weighted by Crippen LogP contribution is 2.63. The van der Waals surface area contributed by atoms with Gasteiger partial charge in [0.2, 0.25) is 6.79 Å². The number of carbonyl (C=O) groups is 2. The van der Waals surface area contributed by atoms with Gasteiger partial charge in [-0.25, -0.2) is 48.0 Å². The molecule has 64 heavy (non-hydrogen) atoms. The zero-order valence-electron chi connectivity index (χ0n) is 33.8. The highest BCUT2D eigenvalue weighted by molar-refractivity contribution is 8.55. The molecular formula is C35H40F2N10O14P2S. The first-order chi connectivity index (χ1) is 30.4. The standard InChI is InChI=1S/C35H40F2N10O14P2S/c1-35(2,3)34(49)54-14-53-18-6-4-17(5-7-18)33(48)56-16-64-63(52)58-9-19-25(21(36)31(59-19)46-12-44-23-27(38)40-10-42-29(23)46)55-15-62(50,51)57-8-20-26(61-63)22(37)32(60-20)47-13-45-24-28(39)41-11-43-30(24)47/h4-7,10-13,19-22,25-26,31-32H,8-9,14-16H2,1-3H3,(H,50,51)(H2,38,40,42)(H2,39,41,43)/t19-,20-,21-,22-,25-,26-,31-,32-,63?/m1/s1. The van der Waals surface area contributed by atoms with Crippen molar-refractivity contribution in [3.05, 3.63) is 55.1 Å². The van der Waals surface area contributed by atoms with Crippen LogP contribution in [0.4, 0.5) is 20.4 Å². The number of nitrogens with zero attached hydrogens (tertiary/aromatic N) is 8. The van der Waals surface area contributed by atoms with E-state index >= 15 is 8.78 Å². The third-order valence-corrected chi connectivity index (χ3v) is 14.3. The molecule has 1 aromatic carbocycles. The molecule has 7 heterocycles. The molecule has 3 saturated heterocycles. The van der Waals surface area contributed by atoms with Gasteiger partial charge in [-0.15, -0.1) is 0 Å². The molecule has 5 aromatic rings. The maximum absolute atomic E-state index is 16.8. The summed E-state index contributed by atoms with van der Waals surface area (Å²) in [6, 6.07) is 5.57. The Kier molecular flexibility index (Phi) is 12.9. The molecule has 2 unspecified atom stereocenters. The number of alkyl halides is 2. The fourth-order valence-electron chi connectivity index (χ4n) is 6.64. The molecule has 3 fully saturated rings. The minimum absolute atomic E-state index is 0.00311. The molecular weight excluding hydrogens is 916 g/mol. The first-order valence-corrected chi connectivity index (χ1v) is 24.0. The lowest BCUT2D eigenvalue weighted by Crippen LogP contribution is -2.35. The van der Waals surface area contributed by atoms with Gasteiger partial charge in [-0.3, -0.25) is 27.5 Å². The number of rotatable bonds is 9. The van der Waals surface area contributed by atoms with E-state index in [4.69, 9.17) is 53.5 Å². The molecule has 0 amide bonds. The van der Waals surface area contributed by atoms with Crippen molar-refractivity contribution < 1.29 is 74.4 Å². The van der Waals surface area contributed by atoms with Gasteiger partial charge in [-0.05, 0) is 45.0 Å². The van der Waals surface area contributed by atoms with Crippen molar-refractivity contribution in [3.8, 4) is 5.75 Å². The zero-order chi connectivity index (χ0) is 45.6. The third-order valence-electron chi connectivity index (χ3n) is 9.89. The number of imidazole rings is 2. The van der Waals surface area contributed by atoms with E-state index in [1.165, 1.54) is 46.1 Å². The van der Waals surface area contributed by atoms with Gasteiger partial charge in [0.15, 0.2) is 47.7 Å². The van der Waals surface area contributed by atoms with Crippen LogP contribution in [0, 0.1) is 5.41 Å². The minimum atomic E-state index is -4.78. The number of nitrogens with two attached hydrogens (primary N) is 2. The molecule has 8 rings (SSSR count). The molecule has 4 aromatic heterocycles. The lowest BCUT2D eigenvalue weighted by Gasteiger charge is -2.26. The quantitative estimate of drug-likeness (QED) is 0.107. The monoisotopic (exact) mass is 956 g/mol. The predicted octanol–water partition coefficient (Wildman–Crippen LogP) is 3.84. The molecule has 24 nitrogen and oxygen atoms in total. The molecule has 3 aliphatic heterocycles. The summed E-state index contributed by atoms with van der Waals surface area (Å²) in [5.41, 5.74) is 11.5. The Labute approximate surface area is 364 Å². The molecule has 10 atom stereocenters. The molecule has 0 saturated carbocycles. The van der Waals surface area contributed by atoms with Crippen molar-refractivity contribution >= 4 is 71.7 Å².